The lowest BCUT2D eigenvalue weighted by Gasteiger charge is -2.06. The fourth-order valence-corrected chi connectivity index (χ4v) is 1.31. The molecule has 0 saturated heterocycles. The van der Waals surface area contributed by atoms with Gasteiger partial charge in [-0.15, -0.1) is 0 Å². The van der Waals surface area contributed by atoms with Crippen LogP contribution in [0, 0.1) is 0 Å². The lowest BCUT2D eigenvalue weighted by atomic mass is 10.3. The van der Waals surface area contributed by atoms with E-state index in [2.05, 4.69) is 14.7 Å². The van der Waals surface area contributed by atoms with E-state index in [0.717, 1.165) is 0 Å². The second-order valence-electron chi connectivity index (χ2n) is 3.52. The topological polar surface area (TPSA) is 122 Å². The number of aromatic hydroxyl groups is 1. The average Bonchev–Trinajstić information content (AvgIpc) is 2.38. The number of carbonyl (C=O) groups is 1. The van der Waals surface area contributed by atoms with Crippen molar-refractivity contribution in [1.29, 1.82) is 0 Å². The van der Waals surface area contributed by atoms with E-state index in [1.807, 2.05) is 0 Å². The van der Waals surface area contributed by atoms with Crippen LogP contribution in [0.4, 0.5) is 0 Å². The standard InChI is InChI=1S/C11H16N2O6/c1-2-19-11(17)8-9(15)10(16)13-7(12-8)3-5-18-6-4-14/h14-15H,2-6H2,1H3,(H,12,13,16). The Labute approximate surface area is 109 Å². The number of aromatic nitrogens is 2. The average molecular weight is 272 g/mol. The zero-order valence-corrected chi connectivity index (χ0v) is 10.5. The summed E-state index contributed by atoms with van der Waals surface area (Å²) in [5.41, 5.74) is -1.22. The summed E-state index contributed by atoms with van der Waals surface area (Å²) in [6.45, 7) is 2.00. The SMILES string of the molecule is CCOC(=O)c1nc(CCOCCO)[nH]c(=O)c1O. The number of hydrogen-bond donors (Lipinski definition) is 3. The first-order valence-corrected chi connectivity index (χ1v) is 5.78. The first kappa shape index (κ1) is 15.1. The van der Waals surface area contributed by atoms with Gasteiger partial charge in [-0.3, -0.25) is 4.79 Å². The van der Waals surface area contributed by atoms with Crippen LogP contribution in [0.25, 0.3) is 0 Å². The molecule has 0 bridgehead atoms. The lowest BCUT2D eigenvalue weighted by Crippen LogP contribution is -2.19. The molecule has 0 aromatic carbocycles. The van der Waals surface area contributed by atoms with Crippen molar-refractivity contribution in [3.8, 4) is 5.75 Å². The summed E-state index contributed by atoms with van der Waals surface area (Å²) in [6.07, 6.45) is 0.238. The second kappa shape index (κ2) is 7.49. The largest absolute Gasteiger partial charge is 0.501 e. The van der Waals surface area contributed by atoms with Crippen LogP contribution in [0.5, 0.6) is 5.75 Å². The van der Waals surface area contributed by atoms with Crippen molar-refractivity contribution in [3.63, 3.8) is 0 Å². The predicted molar refractivity (Wildman–Crippen MR) is 64.1 cm³/mol. The van der Waals surface area contributed by atoms with Gasteiger partial charge in [-0.05, 0) is 6.92 Å². The van der Waals surface area contributed by atoms with E-state index in [4.69, 9.17) is 9.84 Å². The molecule has 106 valence electrons. The number of esters is 1. The molecule has 1 heterocycles. The quantitative estimate of drug-likeness (QED) is 0.439. The molecule has 1 aromatic heterocycles. The van der Waals surface area contributed by atoms with Crippen LogP contribution in [-0.4, -0.2) is 52.6 Å². The van der Waals surface area contributed by atoms with E-state index >= 15 is 0 Å². The van der Waals surface area contributed by atoms with Crippen LogP contribution in [0.3, 0.4) is 0 Å². The monoisotopic (exact) mass is 272 g/mol. The van der Waals surface area contributed by atoms with Gasteiger partial charge in [0.1, 0.15) is 5.82 Å². The predicted octanol–water partition coefficient (Wildman–Crippen LogP) is -0.796. The molecule has 0 spiro atoms. The molecule has 0 aliphatic carbocycles. The molecule has 0 unspecified atom stereocenters. The van der Waals surface area contributed by atoms with Crippen molar-refractivity contribution in [2.24, 2.45) is 0 Å². The van der Waals surface area contributed by atoms with Crippen LogP contribution >= 0.6 is 0 Å². The first-order chi connectivity index (χ1) is 9.10. The maximum atomic E-state index is 11.5. The van der Waals surface area contributed by atoms with Gasteiger partial charge < -0.3 is 24.7 Å². The molecule has 0 amide bonds. The van der Waals surface area contributed by atoms with Crippen LogP contribution in [0.2, 0.25) is 0 Å². The Morgan fingerprint density at radius 1 is 1.42 bits per heavy atom. The van der Waals surface area contributed by atoms with Gasteiger partial charge in [0.25, 0.3) is 5.56 Å². The molecule has 1 rings (SSSR count). The molecule has 1 aromatic rings. The summed E-state index contributed by atoms with van der Waals surface area (Å²) < 4.78 is 9.70. The zero-order valence-electron chi connectivity index (χ0n) is 10.5. The molecule has 0 saturated carbocycles. The number of aliphatic hydroxyl groups excluding tert-OH is 1. The van der Waals surface area contributed by atoms with Crippen molar-refractivity contribution >= 4 is 5.97 Å². The zero-order chi connectivity index (χ0) is 14.3. The van der Waals surface area contributed by atoms with E-state index in [0.29, 0.717) is 0 Å². The van der Waals surface area contributed by atoms with Crippen molar-refractivity contribution in [1.82, 2.24) is 9.97 Å². The third kappa shape index (κ3) is 4.34. The van der Waals surface area contributed by atoms with Crippen LogP contribution in [0.15, 0.2) is 4.79 Å². The number of ether oxygens (including phenoxy) is 2. The van der Waals surface area contributed by atoms with Gasteiger partial charge in [-0.1, -0.05) is 0 Å². The molecule has 0 aliphatic heterocycles. The Hall–Kier alpha value is -1.93. The number of carbonyl (C=O) groups excluding carboxylic acids is 1. The Balaban J connectivity index is 2.84. The Morgan fingerprint density at radius 3 is 2.79 bits per heavy atom. The number of nitrogens with zero attached hydrogens (tertiary/aromatic N) is 1. The minimum Gasteiger partial charge on any atom is -0.501 e. The summed E-state index contributed by atoms with van der Waals surface area (Å²) >= 11 is 0. The number of H-pyrrole nitrogens is 1. The lowest BCUT2D eigenvalue weighted by molar-refractivity contribution is 0.0514. The smallest absolute Gasteiger partial charge is 0.361 e. The number of rotatable bonds is 7. The molecule has 0 fully saturated rings. The Bertz CT molecular complexity index is 485. The van der Waals surface area contributed by atoms with E-state index < -0.39 is 23.0 Å². The van der Waals surface area contributed by atoms with Gasteiger partial charge in [0.2, 0.25) is 5.75 Å². The Morgan fingerprint density at radius 2 is 2.16 bits per heavy atom. The maximum Gasteiger partial charge on any atom is 0.361 e. The molecule has 0 atom stereocenters. The normalized spacial score (nSPS) is 10.4. The van der Waals surface area contributed by atoms with Crippen molar-refractivity contribution in [2.75, 3.05) is 26.4 Å². The number of aromatic amines is 1. The van der Waals surface area contributed by atoms with Crippen LogP contribution in [0.1, 0.15) is 23.2 Å². The van der Waals surface area contributed by atoms with Gasteiger partial charge in [0, 0.05) is 6.42 Å². The Kier molecular flexibility index (Phi) is 5.97. The number of nitrogens with one attached hydrogen (secondary N) is 1. The third-order valence-corrected chi connectivity index (χ3v) is 2.13. The fraction of sp³-hybridized carbons (Fsp3) is 0.545. The van der Waals surface area contributed by atoms with Gasteiger partial charge in [-0.25, -0.2) is 9.78 Å². The van der Waals surface area contributed by atoms with E-state index in [1.54, 1.807) is 6.92 Å². The highest BCUT2D eigenvalue weighted by Gasteiger charge is 2.18. The number of aliphatic hydroxyl groups is 1. The van der Waals surface area contributed by atoms with Gasteiger partial charge in [-0.2, -0.15) is 0 Å². The van der Waals surface area contributed by atoms with E-state index in [9.17, 15) is 14.7 Å². The van der Waals surface area contributed by atoms with Crippen molar-refractivity contribution in [3.05, 3.63) is 21.9 Å². The van der Waals surface area contributed by atoms with Gasteiger partial charge in [0.15, 0.2) is 5.69 Å². The highest BCUT2D eigenvalue weighted by atomic mass is 16.5. The molecule has 3 N–H and O–H groups in total. The first-order valence-electron chi connectivity index (χ1n) is 5.78. The van der Waals surface area contributed by atoms with Crippen molar-refractivity contribution in [2.45, 2.75) is 13.3 Å². The highest BCUT2D eigenvalue weighted by Crippen LogP contribution is 2.09. The molecular formula is C11H16N2O6. The second-order valence-corrected chi connectivity index (χ2v) is 3.52. The maximum absolute atomic E-state index is 11.5. The summed E-state index contributed by atoms with van der Waals surface area (Å²) in [5, 5.41) is 18.0. The van der Waals surface area contributed by atoms with E-state index in [-0.39, 0.29) is 38.7 Å². The molecule has 19 heavy (non-hydrogen) atoms. The fourth-order valence-electron chi connectivity index (χ4n) is 1.31. The third-order valence-electron chi connectivity index (χ3n) is 2.13. The summed E-state index contributed by atoms with van der Waals surface area (Å²) in [6, 6.07) is 0. The van der Waals surface area contributed by atoms with Gasteiger partial charge in [0.05, 0.1) is 26.4 Å². The van der Waals surface area contributed by atoms with Crippen molar-refractivity contribution < 1.29 is 24.5 Å². The molecule has 0 radical (unpaired) electrons. The highest BCUT2D eigenvalue weighted by molar-refractivity contribution is 5.89. The van der Waals surface area contributed by atoms with Crippen LogP contribution in [-0.2, 0) is 15.9 Å². The molecule has 8 nitrogen and oxygen atoms in total. The summed E-state index contributed by atoms with van der Waals surface area (Å²) in [5.74, 6) is -1.43. The molecular weight excluding hydrogens is 256 g/mol. The van der Waals surface area contributed by atoms with Crippen LogP contribution < -0.4 is 5.56 Å². The number of hydrogen-bond acceptors (Lipinski definition) is 7. The minimum absolute atomic E-state index is 0.104. The molecule has 8 heteroatoms. The minimum atomic E-state index is -0.858. The van der Waals surface area contributed by atoms with E-state index in [1.165, 1.54) is 0 Å². The summed E-state index contributed by atoms with van der Waals surface area (Å²) in [4.78, 5) is 29.1. The van der Waals surface area contributed by atoms with Gasteiger partial charge >= 0.3 is 5.97 Å². The molecule has 0 aliphatic rings. The summed E-state index contributed by atoms with van der Waals surface area (Å²) in [7, 11) is 0.